The third-order valence-corrected chi connectivity index (χ3v) is 0.354. The van der Waals surface area contributed by atoms with E-state index in [1.165, 1.54) is 19.3 Å². The van der Waals surface area contributed by atoms with Gasteiger partial charge in [-0.3, -0.25) is 0 Å². The van der Waals surface area contributed by atoms with Crippen LogP contribution < -0.4 is 11.5 Å². The van der Waals surface area contributed by atoms with Gasteiger partial charge in [-0.15, -0.1) is 0 Å². The van der Waals surface area contributed by atoms with Crippen molar-refractivity contribution >= 4 is 17.3 Å². The summed E-state index contributed by atoms with van der Waals surface area (Å²) in [5.41, 5.74) is 9.24. The summed E-state index contributed by atoms with van der Waals surface area (Å²) in [6.45, 7) is 0. The maximum absolute atomic E-state index is 4.62. The summed E-state index contributed by atoms with van der Waals surface area (Å²) in [4.78, 5) is 0. The van der Waals surface area contributed by atoms with Crippen LogP contribution in [0, 0.1) is 0 Å². The van der Waals surface area contributed by atoms with Crippen LogP contribution in [0.3, 0.4) is 0 Å². The molecule has 0 spiro atoms. The van der Waals surface area contributed by atoms with Gasteiger partial charge in [-0.25, -0.2) is 0 Å². The molecule has 3 heteroatoms. The second-order valence-corrected chi connectivity index (χ2v) is 1.93. The predicted molar refractivity (Wildman–Crippen MR) is 34.8 cm³/mol. The molecule has 1 aliphatic rings. The molecule has 1 fully saturated rings. The SMILES string of the molecule is C1CC1.NC(N)=S. The highest BCUT2D eigenvalue weighted by molar-refractivity contribution is 7.80. The fourth-order valence-corrected chi connectivity index (χ4v) is 0. The van der Waals surface area contributed by atoms with E-state index < -0.39 is 0 Å². The summed E-state index contributed by atoms with van der Waals surface area (Å²) in [5.74, 6) is 0. The van der Waals surface area contributed by atoms with E-state index >= 15 is 0 Å². The molecule has 0 bridgehead atoms. The first-order valence-corrected chi connectivity index (χ1v) is 2.69. The average molecular weight is 118 g/mol. The molecule has 0 unspecified atom stereocenters. The van der Waals surface area contributed by atoms with Crippen molar-refractivity contribution in [2.24, 2.45) is 11.5 Å². The van der Waals surface area contributed by atoms with Crippen molar-refractivity contribution in [3.05, 3.63) is 0 Å². The number of rotatable bonds is 0. The Morgan fingerprint density at radius 2 is 1.29 bits per heavy atom. The van der Waals surface area contributed by atoms with Crippen LogP contribution in [0.25, 0.3) is 0 Å². The van der Waals surface area contributed by atoms with E-state index in [9.17, 15) is 0 Å². The molecule has 0 amide bonds. The van der Waals surface area contributed by atoms with Crippen molar-refractivity contribution in [3.8, 4) is 0 Å². The summed E-state index contributed by atoms with van der Waals surface area (Å²) in [5, 5.41) is 0.000000000000000222. The van der Waals surface area contributed by atoms with E-state index in [2.05, 4.69) is 23.7 Å². The Kier molecular flexibility index (Phi) is 3.69. The second kappa shape index (κ2) is 3.87. The van der Waals surface area contributed by atoms with Gasteiger partial charge in [-0.1, -0.05) is 19.3 Å². The van der Waals surface area contributed by atoms with E-state index in [1.807, 2.05) is 0 Å². The molecule has 1 aliphatic carbocycles. The molecule has 0 heterocycles. The topological polar surface area (TPSA) is 52.0 Å². The van der Waals surface area contributed by atoms with Crippen molar-refractivity contribution in [2.45, 2.75) is 19.3 Å². The van der Waals surface area contributed by atoms with Gasteiger partial charge in [-0.2, -0.15) is 0 Å². The molecule has 1 rings (SSSR count). The molecule has 0 radical (unpaired) electrons. The zero-order chi connectivity index (χ0) is 5.70. The third-order valence-electron chi connectivity index (χ3n) is 0.354. The lowest BCUT2D eigenvalue weighted by atomic mass is 11.0. The molecule has 7 heavy (non-hydrogen) atoms. The van der Waals surface area contributed by atoms with E-state index in [0.29, 0.717) is 0 Å². The van der Waals surface area contributed by atoms with Gasteiger partial charge in [-0.05, 0) is 12.2 Å². The first kappa shape index (κ1) is 6.69. The molecule has 42 valence electrons. The Morgan fingerprint density at radius 1 is 1.14 bits per heavy atom. The van der Waals surface area contributed by atoms with Gasteiger partial charge in [0, 0.05) is 0 Å². The van der Waals surface area contributed by atoms with Crippen LogP contribution in [0.5, 0.6) is 0 Å². The monoisotopic (exact) mass is 118 g/mol. The Labute approximate surface area is 48.9 Å². The molecule has 0 aromatic rings. The minimum absolute atomic E-state index is 0.000000000000000222. The van der Waals surface area contributed by atoms with Crippen molar-refractivity contribution in [2.75, 3.05) is 0 Å². The van der Waals surface area contributed by atoms with Crippen LogP contribution in [0.15, 0.2) is 0 Å². The van der Waals surface area contributed by atoms with Crippen molar-refractivity contribution in [1.29, 1.82) is 0 Å². The summed E-state index contributed by atoms with van der Waals surface area (Å²) < 4.78 is 0. The highest BCUT2D eigenvalue weighted by Crippen LogP contribution is 2.14. The molecule has 0 aliphatic heterocycles. The van der Waals surface area contributed by atoms with E-state index in [-0.39, 0.29) is 5.11 Å². The largest absolute Gasteiger partial charge is 0.377 e. The summed E-state index contributed by atoms with van der Waals surface area (Å²) in [6.07, 6.45) is 4.50. The molecular weight excluding hydrogens is 108 g/mol. The molecule has 2 nitrogen and oxygen atoms in total. The lowest BCUT2D eigenvalue weighted by Crippen LogP contribution is -2.18. The van der Waals surface area contributed by atoms with Gasteiger partial charge in [0.2, 0.25) is 0 Å². The molecule has 1 saturated carbocycles. The lowest BCUT2D eigenvalue weighted by molar-refractivity contribution is 1.50. The van der Waals surface area contributed by atoms with Gasteiger partial charge in [0.1, 0.15) is 0 Å². The smallest absolute Gasteiger partial charge is 0.160 e. The zero-order valence-corrected chi connectivity index (χ0v) is 5.00. The van der Waals surface area contributed by atoms with Crippen LogP contribution in [0.2, 0.25) is 0 Å². The highest BCUT2D eigenvalue weighted by atomic mass is 32.1. The number of nitrogens with two attached hydrogens (primary N) is 2. The van der Waals surface area contributed by atoms with Gasteiger partial charge >= 0.3 is 0 Å². The Hall–Kier alpha value is -0.310. The van der Waals surface area contributed by atoms with E-state index in [4.69, 9.17) is 0 Å². The van der Waals surface area contributed by atoms with E-state index in [0.717, 1.165) is 0 Å². The molecule has 0 aromatic heterocycles. The number of hydrogen-bond acceptors (Lipinski definition) is 1. The average Bonchev–Trinajstić information content (AvgIpc) is 2.02. The fraction of sp³-hybridized carbons (Fsp3) is 0.750. The summed E-state index contributed by atoms with van der Waals surface area (Å²) in [7, 11) is 0. The first-order valence-electron chi connectivity index (χ1n) is 2.28. The van der Waals surface area contributed by atoms with Crippen molar-refractivity contribution < 1.29 is 0 Å². The third kappa shape index (κ3) is 163. The molecule has 0 saturated heterocycles. The standard InChI is InChI=1S/C3H6.CH4N2S/c1-2-3-1;2-1(3)4/h1-3H2;(H4,2,3,4). The zero-order valence-electron chi connectivity index (χ0n) is 4.18. The molecular formula is C4H10N2S. The molecule has 0 aromatic carbocycles. The second-order valence-electron chi connectivity index (χ2n) is 1.46. The quantitative estimate of drug-likeness (QED) is 0.451. The van der Waals surface area contributed by atoms with Crippen molar-refractivity contribution in [1.82, 2.24) is 0 Å². The predicted octanol–water partition coefficient (Wildman–Crippen LogP) is 0.359. The maximum Gasteiger partial charge on any atom is 0.160 e. The summed E-state index contributed by atoms with van der Waals surface area (Å²) in [6, 6.07) is 0. The lowest BCUT2D eigenvalue weighted by Gasteiger charge is -1.68. The van der Waals surface area contributed by atoms with Crippen LogP contribution in [-0.4, -0.2) is 5.11 Å². The fourth-order valence-electron chi connectivity index (χ4n) is 0. The minimum Gasteiger partial charge on any atom is -0.377 e. The van der Waals surface area contributed by atoms with Gasteiger partial charge in [0.05, 0.1) is 0 Å². The minimum atomic E-state index is 0.000000000000000222. The van der Waals surface area contributed by atoms with Crippen LogP contribution >= 0.6 is 12.2 Å². The molecule has 4 N–H and O–H groups in total. The maximum atomic E-state index is 4.62. The number of thiocarbonyl (C=S) groups is 1. The highest BCUT2D eigenvalue weighted by Gasteiger charge is 1.95. The van der Waals surface area contributed by atoms with Gasteiger partial charge < -0.3 is 11.5 Å². The van der Waals surface area contributed by atoms with Gasteiger partial charge in [0.15, 0.2) is 5.11 Å². The van der Waals surface area contributed by atoms with Crippen LogP contribution in [0.1, 0.15) is 19.3 Å². The normalized spacial score (nSPS) is 13.7. The molecule has 0 atom stereocenters. The summed E-state index contributed by atoms with van der Waals surface area (Å²) >= 11 is 4.09. The van der Waals surface area contributed by atoms with Gasteiger partial charge in [0.25, 0.3) is 0 Å². The van der Waals surface area contributed by atoms with Crippen molar-refractivity contribution in [3.63, 3.8) is 0 Å². The first-order chi connectivity index (χ1) is 3.23. The Bertz CT molecular complexity index is 54.0. The Balaban J connectivity index is 0.000000105. The van der Waals surface area contributed by atoms with E-state index in [1.54, 1.807) is 0 Å². The number of hydrogen-bond donors (Lipinski definition) is 2. The van der Waals surface area contributed by atoms with Crippen LogP contribution in [-0.2, 0) is 0 Å². The van der Waals surface area contributed by atoms with Crippen LogP contribution in [0.4, 0.5) is 0 Å². The Morgan fingerprint density at radius 3 is 1.29 bits per heavy atom.